The summed E-state index contributed by atoms with van der Waals surface area (Å²) in [5, 5.41) is 12.1. The van der Waals surface area contributed by atoms with Gasteiger partial charge in [0.1, 0.15) is 18.1 Å². The van der Waals surface area contributed by atoms with E-state index in [-0.39, 0.29) is 25.6 Å². The Kier molecular flexibility index (Phi) is 7.36. The molecule has 0 amide bonds. The number of methoxy groups -OCH3 is 1. The van der Waals surface area contributed by atoms with Gasteiger partial charge < -0.3 is 25.6 Å². The minimum atomic E-state index is -0.0255. The Balaban J connectivity index is 0.00000242. The summed E-state index contributed by atoms with van der Waals surface area (Å²) in [5.74, 6) is 1.50. The molecule has 0 aliphatic carbocycles. The van der Waals surface area contributed by atoms with E-state index in [1.165, 1.54) is 0 Å². The van der Waals surface area contributed by atoms with Gasteiger partial charge in [-0.2, -0.15) is 0 Å². The Labute approximate surface area is 136 Å². The summed E-state index contributed by atoms with van der Waals surface area (Å²) < 4.78 is 10.6. The maximum atomic E-state index is 8.85. The van der Waals surface area contributed by atoms with Crippen molar-refractivity contribution >= 4 is 23.8 Å². The molecule has 0 bridgehead atoms. The van der Waals surface area contributed by atoms with E-state index in [0.717, 1.165) is 17.0 Å². The van der Waals surface area contributed by atoms with Crippen molar-refractivity contribution in [2.45, 2.75) is 6.54 Å². The zero-order chi connectivity index (χ0) is 15.1. The minimum absolute atomic E-state index is 0. The summed E-state index contributed by atoms with van der Waals surface area (Å²) in [6.07, 6.45) is 0. The molecule has 0 aromatic heterocycles. The lowest BCUT2D eigenvalue weighted by molar-refractivity contribution is 0.202. The van der Waals surface area contributed by atoms with Gasteiger partial charge in [-0.1, -0.05) is 12.1 Å². The van der Waals surface area contributed by atoms with Gasteiger partial charge in [-0.3, -0.25) is 0 Å². The Morgan fingerprint density at radius 2 is 1.86 bits per heavy atom. The molecule has 0 heterocycles. The number of rotatable bonds is 7. The maximum absolute atomic E-state index is 8.85. The van der Waals surface area contributed by atoms with Crippen LogP contribution in [0.2, 0.25) is 0 Å². The fraction of sp³-hybridized carbons (Fsp3) is 0.250. The van der Waals surface area contributed by atoms with Crippen molar-refractivity contribution in [3.05, 3.63) is 48.0 Å². The molecule has 0 saturated heterocycles. The van der Waals surface area contributed by atoms with E-state index in [9.17, 15) is 0 Å². The zero-order valence-electron chi connectivity index (χ0n) is 12.4. The Bertz CT molecular complexity index is 576. The van der Waals surface area contributed by atoms with Gasteiger partial charge in [0.2, 0.25) is 0 Å². The summed E-state index contributed by atoms with van der Waals surface area (Å²) in [4.78, 5) is 0. The summed E-state index contributed by atoms with van der Waals surface area (Å²) in [7, 11) is 1.64. The molecule has 4 N–H and O–H groups in total. The topological polar surface area (TPSA) is 76.7 Å². The quantitative estimate of drug-likeness (QED) is 0.683. The van der Waals surface area contributed by atoms with Crippen LogP contribution in [0.5, 0.6) is 11.5 Å². The number of hydrogen-bond acceptors (Lipinski definition) is 5. The summed E-state index contributed by atoms with van der Waals surface area (Å²) in [6.45, 7) is 0.867. The number of aliphatic hydroxyl groups excluding tert-OH is 1. The van der Waals surface area contributed by atoms with Crippen molar-refractivity contribution in [3.63, 3.8) is 0 Å². The fourth-order valence-electron chi connectivity index (χ4n) is 1.91. The van der Waals surface area contributed by atoms with Crippen molar-refractivity contribution < 1.29 is 14.6 Å². The molecule has 0 saturated carbocycles. The predicted octanol–water partition coefficient (Wildman–Crippen LogP) is 2.68. The standard InChI is InChI=1S/C16H20N2O3.ClH/c1-20-14-5-2-12(3-6-14)11-18-15-10-13(17)4-7-16(15)21-9-8-19;/h2-7,10,18-19H,8-9,11,17H2,1H3;1H. The molecule has 120 valence electrons. The van der Waals surface area contributed by atoms with Crippen LogP contribution in [0.25, 0.3) is 0 Å². The van der Waals surface area contributed by atoms with Crippen LogP contribution in [0, 0.1) is 0 Å². The van der Waals surface area contributed by atoms with E-state index in [0.29, 0.717) is 18.0 Å². The summed E-state index contributed by atoms with van der Waals surface area (Å²) >= 11 is 0. The summed E-state index contributed by atoms with van der Waals surface area (Å²) in [6, 6.07) is 13.2. The van der Waals surface area contributed by atoms with E-state index in [1.54, 1.807) is 19.2 Å². The van der Waals surface area contributed by atoms with Gasteiger partial charge in [0.05, 0.1) is 19.4 Å². The highest BCUT2D eigenvalue weighted by atomic mass is 35.5. The van der Waals surface area contributed by atoms with Crippen LogP contribution in [-0.2, 0) is 6.54 Å². The van der Waals surface area contributed by atoms with Crippen molar-refractivity contribution in [2.75, 3.05) is 31.4 Å². The third kappa shape index (κ3) is 5.02. The van der Waals surface area contributed by atoms with Crippen LogP contribution in [0.3, 0.4) is 0 Å². The molecule has 6 heteroatoms. The van der Waals surface area contributed by atoms with Crippen molar-refractivity contribution in [2.24, 2.45) is 0 Å². The second kappa shape index (κ2) is 9.02. The van der Waals surface area contributed by atoms with Gasteiger partial charge in [0.25, 0.3) is 0 Å². The Hall–Kier alpha value is -2.11. The lowest BCUT2D eigenvalue weighted by Crippen LogP contribution is -2.06. The van der Waals surface area contributed by atoms with Crippen LogP contribution in [0.4, 0.5) is 11.4 Å². The normalized spacial score (nSPS) is 9.73. The number of hydrogen-bond donors (Lipinski definition) is 3. The van der Waals surface area contributed by atoms with Crippen molar-refractivity contribution in [3.8, 4) is 11.5 Å². The van der Waals surface area contributed by atoms with E-state index in [1.807, 2.05) is 30.3 Å². The van der Waals surface area contributed by atoms with Crippen molar-refractivity contribution in [1.82, 2.24) is 0 Å². The highest BCUT2D eigenvalue weighted by Crippen LogP contribution is 2.27. The number of anilines is 2. The van der Waals surface area contributed by atoms with Gasteiger partial charge in [-0.05, 0) is 35.9 Å². The molecular formula is C16H21ClN2O3. The molecule has 0 unspecified atom stereocenters. The molecule has 22 heavy (non-hydrogen) atoms. The average Bonchev–Trinajstić information content (AvgIpc) is 2.52. The van der Waals surface area contributed by atoms with Crippen LogP contribution < -0.4 is 20.5 Å². The van der Waals surface area contributed by atoms with Gasteiger partial charge in [-0.25, -0.2) is 0 Å². The Morgan fingerprint density at radius 1 is 1.14 bits per heavy atom. The molecule has 0 aliphatic heterocycles. The highest BCUT2D eigenvalue weighted by molar-refractivity contribution is 5.85. The van der Waals surface area contributed by atoms with Crippen LogP contribution in [0.15, 0.2) is 42.5 Å². The highest BCUT2D eigenvalue weighted by Gasteiger charge is 2.04. The first-order chi connectivity index (χ1) is 10.2. The largest absolute Gasteiger partial charge is 0.497 e. The summed E-state index contributed by atoms with van der Waals surface area (Å²) in [5.41, 5.74) is 8.38. The first-order valence-electron chi connectivity index (χ1n) is 6.73. The second-order valence-corrected chi connectivity index (χ2v) is 4.53. The molecule has 0 fully saturated rings. The number of nitrogen functional groups attached to an aromatic ring is 1. The van der Waals surface area contributed by atoms with Crippen LogP contribution >= 0.6 is 12.4 Å². The van der Waals surface area contributed by atoms with Crippen LogP contribution in [0.1, 0.15) is 5.56 Å². The molecule has 2 rings (SSSR count). The Morgan fingerprint density at radius 3 is 2.50 bits per heavy atom. The minimum Gasteiger partial charge on any atom is -0.497 e. The monoisotopic (exact) mass is 324 g/mol. The molecule has 0 radical (unpaired) electrons. The predicted molar refractivity (Wildman–Crippen MR) is 91.0 cm³/mol. The first kappa shape index (κ1) is 17.9. The molecular weight excluding hydrogens is 304 g/mol. The molecule has 0 spiro atoms. The van der Waals surface area contributed by atoms with Crippen LogP contribution in [-0.4, -0.2) is 25.4 Å². The van der Waals surface area contributed by atoms with Gasteiger partial charge in [-0.15, -0.1) is 12.4 Å². The molecule has 0 atom stereocenters. The van der Waals surface area contributed by atoms with E-state index < -0.39 is 0 Å². The first-order valence-corrected chi connectivity index (χ1v) is 6.73. The molecule has 0 aliphatic rings. The maximum Gasteiger partial charge on any atom is 0.142 e. The number of nitrogens with one attached hydrogen (secondary N) is 1. The van der Waals surface area contributed by atoms with Gasteiger partial charge in [0.15, 0.2) is 0 Å². The third-order valence-corrected chi connectivity index (χ3v) is 2.99. The van der Waals surface area contributed by atoms with Crippen molar-refractivity contribution in [1.29, 1.82) is 0 Å². The van der Waals surface area contributed by atoms with E-state index >= 15 is 0 Å². The molecule has 5 nitrogen and oxygen atoms in total. The average molecular weight is 325 g/mol. The lowest BCUT2D eigenvalue weighted by atomic mass is 10.2. The molecule has 2 aromatic carbocycles. The number of ether oxygens (including phenoxy) is 2. The zero-order valence-corrected chi connectivity index (χ0v) is 13.2. The van der Waals surface area contributed by atoms with Gasteiger partial charge in [0, 0.05) is 12.2 Å². The smallest absolute Gasteiger partial charge is 0.142 e. The second-order valence-electron chi connectivity index (χ2n) is 4.53. The number of halogens is 1. The molecule has 2 aromatic rings. The van der Waals surface area contributed by atoms with Gasteiger partial charge >= 0.3 is 0 Å². The van der Waals surface area contributed by atoms with E-state index in [4.69, 9.17) is 20.3 Å². The third-order valence-electron chi connectivity index (χ3n) is 2.99. The number of aliphatic hydroxyl groups is 1. The number of benzene rings is 2. The lowest BCUT2D eigenvalue weighted by Gasteiger charge is -2.13. The SMILES string of the molecule is COc1ccc(CNc2cc(N)ccc2OCCO)cc1.Cl. The number of nitrogens with two attached hydrogens (primary N) is 1. The fourth-order valence-corrected chi connectivity index (χ4v) is 1.91. The van der Waals surface area contributed by atoms with E-state index in [2.05, 4.69) is 5.32 Å².